The minimum atomic E-state index is -0.163. The first-order chi connectivity index (χ1) is 7.93. The van der Waals surface area contributed by atoms with Crippen LogP contribution >= 0.6 is 27.3 Å². The predicted octanol–water partition coefficient (Wildman–Crippen LogP) is 2.96. The molecule has 3 nitrogen and oxygen atoms in total. The molecule has 1 atom stereocenters. The average Bonchev–Trinajstić information content (AvgIpc) is 2.57. The van der Waals surface area contributed by atoms with Gasteiger partial charge in [0.15, 0.2) is 0 Å². The fourth-order valence-corrected chi connectivity index (χ4v) is 3.01. The minimum absolute atomic E-state index is 0.0184. The van der Waals surface area contributed by atoms with Crippen molar-refractivity contribution in [1.29, 1.82) is 0 Å². The molecule has 0 aliphatic rings. The van der Waals surface area contributed by atoms with Crippen LogP contribution in [-0.4, -0.2) is 23.7 Å². The number of aliphatic hydroxyl groups excluding tert-OH is 1. The van der Waals surface area contributed by atoms with Crippen LogP contribution in [0, 0.1) is 12.8 Å². The molecule has 1 heterocycles. The van der Waals surface area contributed by atoms with Crippen LogP contribution in [0.15, 0.2) is 9.85 Å². The summed E-state index contributed by atoms with van der Waals surface area (Å²) in [7, 11) is 0. The first-order valence-corrected chi connectivity index (χ1v) is 7.22. The third-order valence-corrected chi connectivity index (χ3v) is 4.53. The summed E-state index contributed by atoms with van der Waals surface area (Å²) in [5.74, 6) is 0.341. The highest BCUT2D eigenvalue weighted by Gasteiger charge is 2.16. The van der Waals surface area contributed by atoms with Gasteiger partial charge in [-0.1, -0.05) is 13.8 Å². The quantitative estimate of drug-likeness (QED) is 0.876. The molecule has 1 aromatic heterocycles. The Hall–Kier alpha value is -0.390. The number of carbonyl (C=O) groups excluding carboxylic acids is 1. The molecular weight excluding hydrogens is 302 g/mol. The van der Waals surface area contributed by atoms with Crippen molar-refractivity contribution >= 4 is 33.2 Å². The van der Waals surface area contributed by atoms with Crippen LogP contribution in [0.2, 0.25) is 0 Å². The summed E-state index contributed by atoms with van der Waals surface area (Å²) >= 11 is 4.81. The van der Waals surface area contributed by atoms with E-state index in [0.717, 1.165) is 15.8 Å². The molecule has 2 N–H and O–H groups in total. The second kappa shape index (κ2) is 6.52. The summed E-state index contributed by atoms with van der Waals surface area (Å²) in [6.45, 7) is 6.08. The molecule has 1 aromatic rings. The standard InChI is InChI=1S/C12H18BrNO2S/c1-7(2)4-9(6-15)14-12(16)10-5-8(3)11(13)17-10/h5,7,9,15H,4,6H2,1-3H3,(H,14,16). The zero-order valence-electron chi connectivity index (χ0n) is 10.3. The van der Waals surface area contributed by atoms with Crippen molar-refractivity contribution in [2.75, 3.05) is 6.61 Å². The highest BCUT2D eigenvalue weighted by molar-refractivity contribution is 9.11. The minimum Gasteiger partial charge on any atom is -0.394 e. The van der Waals surface area contributed by atoms with E-state index in [2.05, 4.69) is 35.1 Å². The number of nitrogens with one attached hydrogen (secondary N) is 1. The number of hydrogen-bond donors (Lipinski definition) is 2. The lowest BCUT2D eigenvalue weighted by molar-refractivity contribution is 0.0912. The van der Waals surface area contributed by atoms with E-state index in [0.29, 0.717) is 10.8 Å². The SMILES string of the molecule is Cc1cc(C(=O)NC(CO)CC(C)C)sc1Br. The molecule has 0 aliphatic carbocycles. The number of aliphatic hydroxyl groups is 1. The molecule has 0 fully saturated rings. The molecule has 1 amide bonds. The first-order valence-electron chi connectivity index (χ1n) is 5.61. The lowest BCUT2D eigenvalue weighted by Crippen LogP contribution is -2.38. The molecule has 0 aromatic carbocycles. The Bertz CT molecular complexity index is 370. The maximum atomic E-state index is 11.9. The zero-order valence-corrected chi connectivity index (χ0v) is 12.7. The Morgan fingerprint density at radius 3 is 2.65 bits per heavy atom. The molecule has 0 bridgehead atoms. The molecule has 0 saturated heterocycles. The van der Waals surface area contributed by atoms with Gasteiger partial charge in [-0.2, -0.15) is 0 Å². The lowest BCUT2D eigenvalue weighted by atomic mass is 10.0. The van der Waals surface area contributed by atoms with E-state index in [1.165, 1.54) is 11.3 Å². The fourth-order valence-electron chi connectivity index (χ4n) is 1.58. The van der Waals surface area contributed by atoms with Gasteiger partial charge in [-0.25, -0.2) is 0 Å². The number of amides is 1. The molecule has 0 radical (unpaired) electrons. The summed E-state index contributed by atoms with van der Waals surface area (Å²) in [6, 6.07) is 1.69. The summed E-state index contributed by atoms with van der Waals surface area (Å²) in [4.78, 5) is 12.6. The van der Waals surface area contributed by atoms with Gasteiger partial charge in [-0.05, 0) is 46.8 Å². The van der Waals surface area contributed by atoms with Crippen LogP contribution in [0.25, 0.3) is 0 Å². The van der Waals surface area contributed by atoms with Gasteiger partial charge in [0.2, 0.25) is 0 Å². The molecule has 5 heteroatoms. The number of thiophene rings is 1. The summed E-state index contributed by atoms with van der Waals surface area (Å²) in [5.41, 5.74) is 1.06. The van der Waals surface area contributed by atoms with E-state index in [-0.39, 0.29) is 18.6 Å². The average molecular weight is 320 g/mol. The first kappa shape index (κ1) is 14.7. The molecule has 1 unspecified atom stereocenters. The zero-order chi connectivity index (χ0) is 13.0. The van der Waals surface area contributed by atoms with Crippen molar-refractivity contribution in [3.63, 3.8) is 0 Å². The third kappa shape index (κ3) is 4.41. The predicted molar refractivity (Wildman–Crippen MR) is 74.6 cm³/mol. The van der Waals surface area contributed by atoms with Gasteiger partial charge < -0.3 is 10.4 Å². The van der Waals surface area contributed by atoms with Gasteiger partial charge >= 0.3 is 0 Å². The largest absolute Gasteiger partial charge is 0.394 e. The Morgan fingerprint density at radius 1 is 1.59 bits per heavy atom. The van der Waals surface area contributed by atoms with Gasteiger partial charge in [0.25, 0.3) is 5.91 Å². The number of hydrogen-bond acceptors (Lipinski definition) is 3. The van der Waals surface area contributed by atoms with Crippen LogP contribution in [0.1, 0.15) is 35.5 Å². The number of aryl methyl sites for hydroxylation is 1. The Kier molecular flexibility index (Phi) is 5.62. The topological polar surface area (TPSA) is 49.3 Å². The van der Waals surface area contributed by atoms with Crippen molar-refractivity contribution in [2.24, 2.45) is 5.92 Å². The molecule has 0 saturated carbocycles. The Morgan fingerprint density at radius 2 is 2.24 bits per heavy atom. The van der Waals surface area contributed by atoms with Gasteiger partial charge in [0.05, 0.1) is 21.3 Å². The van der Waals surface area contributed by atoms with Gasteiger partial charge in [0, 0.05) is 0 Å². The van der Waals surface area contributed by atoms with Gasteiger partial charge in [0.1, 0.15) is 0 Å². The van der Waals surface area contributed by atoms with Crippen molar-refractivity contribution < 1.29 is 9.90 Å². The van der Waals surface area contributed by atoms with Crippen molar-refractivity contribution in [2.45, 2.75) is 33.2 Å². The molecule has 1 rings (SSSR count). The highest BCUT2D eigenvalue weighted by Crippen LogP contribution is 2.27. The second-order valence-electron chi connectivity index (χ2n) is 4.55. The molecule has 17 heavy (non-hydrogen) atoms. The summed E-state index contributed by atoms with van der Waals surface area (Å²) in [6.07, 6.45) is 0.785. The Balaban J connectivity index is 2.64. The lowest BCUT2D eigenvalue weighted by Gasteiger charge is -2.17. The van der Waals surface area contributed by atoms with Crippen molar-refractivity contribution in [1.82, 2.24) is 5.32 Å². The van der Waals surface area contributed by atoms with Crippen LogP contribution < -0.4 is 5.32 Å². The monoisotopic (exact) mass is 319 g/mol. The van der Waals surface area contributed by atoms with Gasteiger partial charge in [-0.3, -0.25) is 4.79 Å². The van der Waals surface area contributed by atoms with Crippen LogP contribution in [0.3, 0.4) is 0 Å². The summed E-state index contributed by atoms with van der Waals surface area (Å²) < 4.78 is 0.979. The van der Waals surface area contributed by atoms with E-state index in [1.54, 1.807) is 0 Å². The van der Waals surface area contributed by atoms with Crippen molar-refractivity contribution in [3.8, 4) is 0 Å². The molecular formula is C12H18BrNO2S. The van der Waals surface area contributed by atoms with Crippen molar-refractivity contribution in [3.05, 3.63) is 20.3 Å². The van der Waals surface area contributed by atoms with E-state index >= 15 is 0 Å². The van der Waals surface area contributed by atoms with E-state index in [9.17, 15) is 9.90 Å². The van der Waals surface area contributed by atoms with E-state index < -0.39 is 0 Å². The number of carbonyl (C=O) groups is 1. The normalized spacial score (nSPS) is 12.8. The third-order valence-electron chi connectivity index (χ3n) is 2.39. The molecule has 0 aliphatic heterocycles. The Labute approximate surface area is 114 Å². The molecule has 0 spiro atoms. The van der Waals surface area contributed by atoms with Crippen LogP contribution in [-0.2, 0) is 0 Å². The maximum absolute atomic E-state index is 11.9. The van der Waals surface area contributed by atoms with Crippen LogP contribution in [0.4, 0.5) is 0 Å². The molecule has 96 valence electrons. The number of halogens is 1. The van der Waals surface area contributed by atoms with Crippen LogP contribution in [0.5, 0.6) is 0 Å². The second-order valence-corrected chi connectivity index (χ2v) is 6.92. The smallest absolute Gasteiger partial charge is 0.261 e. The summed E-state index contributed by atoms with van der Waals surface area (Å²) in [5, 5.41) is 12.1. The highest BCUT2D eigenvalue weighted by atomic mass is 79.9. The maximum Gasteiger partial charge on any atom is 0.261 e. The number of rotatable bonds is 5. The van der Waals surface area contributed by atoms with Gasteiger partial charge in [-0.15, -0.1) is 11.3 Å². The van der Waals surface area contributed by atoms with E-state index in [1.807, 2.05) is 13.0 Å². The van der Waals surface area contributed by atoms with E-state index in [4.69, 9.17) is 0 Å². The fraction of sp³-hybridized carbons (Fsp3) is 0.583.